The van der Waals surface area contributed by atoms with Crippen LogP contribution in [-0.4, -0.2) is 82.3 Å². The molecule has 1 heterocycles. The van der Waals surface area contributed by atoms with Crippen molar-refractivity contribution in [3.05, 3.63) is 160 Å². The van der Waals surface area contributed by atoms with E-state index in [1.165, 1.54) is 30.3 Å². The van der Waals surface area contributed by atoms with Gasteiger partial charge in [-0.1, -0.05) is 60.5 Å². The van der Waals surface area contributed by atoms with Gasteiger partial charge in [0.25, 0.3) is 5.69 Å². The molecular weight excluding hydrogens is 874 g/mol. The summed E-state index contributed by atoms with van der Waals surface area (Å²) in [5.41, 5.74) is 3.66. The molecule has 0 bridgehead atoms. The van der Waals surface area contributed by atoms with Crippen molar-refractivity contribution in [1.29, 1.82) is 0 Å². The number of aliphatic hydroxyl groups is 2. The maximum Gasteiger partial charge on any atom is 0.269 e. The number of hydrogen-bond acceptors (Lipinski definition) is 11. The number of ether oxygens (including phenoxy) is 3. The first-order chi connectivity index (χ1) is 32.7. The minimum absolute atomic E-state index is 0.00705. The summed E-state index contributed by atoms with van der Waals surface area (Å²) in [7, 11) is 0. The average molecular weight is 934 g/mol. The third-order valence-electron chi connectivity index (χ3n) is 12.8. The number of carbonyl (C=O) groups excluding carboxylic acids is 1. The summed E-state index contributed by atoms with van der Waals surface area (Å²) in [6, 6.07) is 27.2. The van der Waals surface area contributed by atoms with E-state index in [1.54, 1.807) is 53.1 Å². The van der Waals surface area contributed by atoms with Crippen LogP contribution in [0.5, 0.6) is 11.5 Å². The van der Waals surface area contributed by atoms with E-state index in [1.807, 2.05) is 37.3 Å². The Morgan fingerprint density at radius 3 is 2.46 bits per heavy atom. The van der Waals surface area contributed by atoms with Gasteiger partial charge in [0.2, 0.25) is 11.7 Å². The number of benzene rings is 4. The predicted octanol–water partition coefficient (Wildman–Crippen LogP) is 10.3. The number of nitro groups is 1. The maximum absolute atomic E-state index is 15.0. The van der Waals surface area contributed by atoms with Crippen molar-refractivity contribution in [2.75, 3.05) is 38.8 Å². The van der Waals surface area contributed by atoms with E-state index in [4.69, 9.17) is 24.2 Å². The summed E-state index contributed by atoms with van der Waals surface area (Å²) in [6.07, 6.45) is 11.6. The molecule has 0 aromatic heterocycles. The number of aliphatic hydroxyl groups excluding tert-OH is 2. The Labute approximate surface area is 396 Å². The van der Waals surface area contributed by atoms with Gasteiger partial charge in [-0.3, -0.25) is 14.9 Å². The Bertz CT molecular complexity index is 2380. The SMILES string of the molecule is C=CCOC12Oc3ccc(OCCSc4ccccc4)cc3C3C(CCCCO)C(CCCCO)C=C(C(=NOCC)CC1N(Cc1ccc(F)cc1)C(=O)C=Cc1ccc([N+](=O)[O-])cc1)C32. The largest absolute Gasteiger partial charge is 0.493 e. The molecule has 1 amide bonds. The van der Waals surface area contributed by atoms with Crippen LogP contribution in [0.3, 0.4) is 0 Å². The predicted molar refractivity (Wildman–Crippen MR) is 258 cm³/mol. The first kappa shape index (κ1) is 49.1. The van der Waals surface area contributed by atoms with E-state index in [2.05, 4.69) is 30.9 Å². The van der Waals surface area contributed by atoms with Crippen molar-refractivity contribution in [1.82, 2.24) is 4.90 Å². The Morgan fingerprint density at radius 2 is 1.76 bits per heavy atom. The fourth-order valence-corrected chi connectivity index (χ4v) is 10.6. The van der Waals surface area contributed by atoms with Gasteiger partial charge in [-0.05, 0) is 122 Å². The Hall–Kier alpha value is -5.80. The summed E-state index contributed by atoms with van der Waals surface area (Å²) < 4.78 is 35.3. The molecule has 1 aliphatic heterocycles. The van der Waals surface area contributed by atoms with Crippen LogP contribution in [0.25, 0.3) is 6.08 Å². The summed E-state index contributed by atoms with van der Waals surface area (Å²) in [4.78, 5) is 34.7. The van der Waals surface area contributed by atoms with E-state index >= 15 is 4.79 Å². The highest BCUT2D eigenvalue weighted by molar-refractivity contribution is 7.99. The van der Waals surface area contributed by atoms with Gasteiger partial charge in [0.05, 0.1) is 29.8 Å². The molecule has 0 saturated heterocycles. The van der Waals surface area contributed by atoms with Crippen LogP contribution in [0, 0.1) is 33.7 Å². The topological polar surface area (TPSA) is 153 Å². The number of carbonyl (C=O) groups is 1. The number of nitrogens with zero attached hydrogens (tertiary/aromatic N) is 3. The second-order valence-electron chi connectivity index (χ2n) is 17.0. The van der Waals surface area contributed by atoms with E-state index in [0.29, 0.717) is 54.4 Å². The second kappa shape index (κ2) is 23.8. The molecular formula is C53H60FN3O9S. The maximum atomic E-state index is 15.0. The van der Waals surface area contributed by atoms with E-state index in [0.717, 1.165) is 47.5 Å². The number of nitro benzene ring substituents is 1. The highest BCUT2D eigenvalue weighted by Gasteiger charge is 2.65. The zero-order valence-electron chi connectivity index (χ0n) is 37.9. The number of thioether (sulfide) groups is 1. The van der Waals surface area contributed by atoms with Crippen molar-refractivity contribution >= 4 is 35.1 Å². The molecule has 0 radical (unpaired) electrons. The van der Waals surface area contributed by atoms with Crippen molar-refractivity contribution in [3.8, 4) is 11.5 Å². The lowest BCUT2D eigenvalue weighted by Crippen LogP contribution is -2.70. The smallest absolute Gasteiger partial charge is 0.269 e. The van der Waals surface area contributed by atoms with Gasteiger partial charge in [-0.25, -0.2) is 4.39 Å². The molecule has 1 saturated carbocycles. The lowest BCUT2D eigenvalue weighted by Gasteiger charge is -2.60. The Balaban J connectivity index is 1.39. The lowest BCUT2D eigenvalue weighted by atomic mass is 9.55. The van der Waals surface area contributed by atoms with Gasteiger partial charge < -0.3 is 34.2 Å². The van der Waals surface area contributed by atoms with E-state index < -0.39 is 34.4 Å². The lowest BCUT2D eigenvalue weighted by molar-refractivity contribution is -0.384. The third-order valence-corrected chi connectivity index (χ3v) is 13.7. The molecule has 4 aromatic carbocycles. The quantitative estimate of drug-likeness (QED) is 0.0173. The first-order valence-corrected chi connectivity index (χ1v) is 24.2. The van der Waals surface area contributed by atoms with Crippen molar-refractivity contribution in [2.45, 2.75) is 81.1 Å². The number of halogens is 1. The molecule has 67 heavy (non-hydrogen) atoms. The molecule has 0 spiro atoms. The minimum Gasteiger partial charge on any atom is -0.493 e. The van der Waals surface area contributed by atoms with Crippen LogP contribution in [0.1, 0.15) is 74.5 Å². The monoisotopic (exact) mass is 933 g/mol. The molecule has 14 heteroatoms. The summed E-state index contributed by atoms with van der Waals surface area (Å²) >= 11 is 1.72. The van der Waals surface area contributed by atoms with Gasteiger partial charge in [-0.2, -0.15) is 0 Å². The van der Waals surface area contributed by atoms with Crippen molar-refractivity contribution in [3.63, 3.8) is 0 Å². The van der Waals surface area contributed by atoms with Gasteiger partial charge in [0.1, 0.15) is 30.0 Å². The Kier molecular flexibility index (Phi) is 17.4. The molecule has 6 atom stereocenters. The van der Waals surface area contributed by atoms with Crippen LogP contribution in [0.15, 0.2) is 137 Å². The summed E-state index contributed by atoms with van der Waals surface area (Å²) in [5, 5.41) is 36.1. The number of non-ortho nitro benzene ring substituents is 1. The first-order valence-electron chi connectivity index (χ1n) is 23.2. The van der Waals surface area contributed by atoms with Crippen LogP contribution in [-0.2, 0) is 20.9 Å². The van der Waals surface area contributed by atoms with Gasteiger partial charge in [0, 0.05) is 66.5 Å². The van der Waals surface area contributed by atoms with Crippen molar-refractivity contribution < 1.29 is 43.4 Å². The Morgan fingerprint density at radius 1 is 1.01 bits per heavy atom. The molecule has 354 valence electrons. The molecule has 7 rings (SSSR count). The zero-order valence-corrected chi connectivity index (χ0v) is 38.7. The minimum atomic E-state index is -1.53. The second-order valence-corrected chi connectivity index (χ2v) is 18.1. The molecule has 3 aliphatic rings. The standard InChI is InChI=1S/C53H60FN3O9S/c1-3-30-64-53-49(56(36-38-16-21-40(54)22-17-38)50(60)27-20-37-18-23-41(24-19-37)57(61)62)35-47(55-65-4-2)45-33-39(12-8-10-28-58)44(15-9-11-29-59)51(52(45)53)46-34-42(25-26-48(46)66-53)63-31-32-67-43-13-6-5-7-14-43/h3,5-7,13-14,16-27,33-34,39,44,49,51-52,58-59H,1,4,8-12,15,28-32,35-36H2,2H3. The summed E-state index contributed by atoms with van der Waals surface area (Å²) in [5.74, 6) is -1.09. The number of fused-ring (bicyclic) bond motifs is 2. The number of allylic oxidation sites excluding steroid dienone is 1. The number of rotatable bonds is 24. The number of hydrogen-bond donors (Lipinski definition) is 2. The average Bonchev–Trinajstić information content (AvgIpc) is 3.34. The highest BCUT2D eigenvalue weighted by Crippen LogP contribution is 2.62. The fraction of sp³-hybridized carbons (Fsp3) is 0.396. The zero-order chi connectivity index (χ0) is 47.2. The third kappa shape index (κ3) is 11.8. The van der Waals surface area contributed by atoms with Crippen LogP contribution >= 0.6 is 11.8 Å². The normalized spacial score (nSPS) is 22.3. The number of amides is 1. The van der Waals surface area contributed by atoms with E-state index in [-0.39, 0.29) is 56.2 Å². The highest BCUT2D eigenvalue weighted by atomic mass is 32.2. The molecule has 4 aromatic rings. The molecule has 6 unspecified atom stereocenters. The van der Waals surface area contributed by atoms with Crippen LogP contribution < -0.4 is 9.47 Å². The summed E-state index contributed by atoms with van der Waals surface area (Å²) in [6.45, 7) is 6.92. The van der Waals surface area contributed by atoms with Crippen LogP contribution in [0.4, 0.5) is 10.1 Å². The van der Waals surface area contributed by atoms with Crippen molar-refractivity contribution in [2.24, 2.45) is 22.9 Å². The fourth-order valence-electron chi connectivity index (χ4n) is 9.81. The molecule has 2 aliphatic carbocycles. The van der Waals surface area contributed by atoms with Gasteiger partial charge >= 0.3 is 0 Å². The molecule has 1 fully saturated rings. The van der Waals surface area contributed by atoms with Gasteiger partial charge in [-0.15, -0.1) is 18.3 Å². The number of unbranched alkanes of at least 4 members (excludes halogenated alkanes) is 2. The molecule has 12 nitrogen and oxygen atoms in total. The molecule has 2 N–H and O–H groups in total. The van der Waals surface area contributed by atoms with Gasteiger partial charge in [0.15, 0.2) is 0 Å². The number of oxime groups is 1. The van der Waals surface area contributed by atoms with E-state index in [9.17, 15) is 24.7 Å². The van der Waals surface area contributed by atoms with Crippen LogP contribution in [0.2, 0.25) is 0 Å².